The number of piperidine rings is 1. The average molecular weight is 410 g/mol. The molecule has 0 unspecified atom stereocenters. The van der Waals surface area contributed by atoms with E-state index < -0.39 is 0 Å². The standard InChI is InChI=1S/C19H28ClN5O3/c20-16-8-22-23-18(16)19(27)21-7-15-11-25(17(26)12-28-15)10-14-3-5-24(6-4-14)9-13-1-2-13/h8,13-15H,1-7,9-12H2,(H,21,27)(H,22,23)/t15-/m0/s1. The number of halogens is 1. The first-order valence-corrected chi connectivity index (χ1v) is 10.5. The van der Waals surface area contributed by atoms with Crippen molar-refractivity contribution in [1.82, 2.24) is 25.3 Å². The normalized spacial score (nSPS) is 24.5. The number of aromatic nitrogens is 2. The number of amides is 2. The van der Waals surface area contributed by atoms with E-state index in [0.717, 1.165) is 38.4 Å². The highest BCUT2D eigenvalue weighted by molar-refractivity contribution is 6.33. The van der Waals surface area contributed by atoms with E-state index in [9.17, 15) is 9.59 Å². The van der Waals surface area contributed by atoms with E-state index in [4.69, 9.17) is 16.3 Å². The molecule has 3 fully saturated rings. The lowest BCUT2D eigenvalue weighted by molar-refractivity contribution is -0.149. The van der Waals surface area contributed by atoms with Crippen molar-refractivity contribution >= 4 is 23.4 Å². The Morgan fingerprint density at radius 3 is 2.68 bits per heavy atom. The van der Waals surface area contributed by atoms with Crippen LogP contribution in [0.1, 0.15) is 36.2 Å². The first-order chi connectivity index (χ1) is 13.6. The van der Waals surface area contributed by atoms with Crippen LogP contribution in [0.3, 0.4) is 0 Å². The van der Waals surface area contributed by atoms with Crippen molar-refractivity contribution in [2.75, 3.05) is 45.9 Å². The largest absolute Gasteiger partial charge is 0.365 e. The number of ether oxygens (including phenoxy) is 1. The SMILES string of the molecule is O=C(NC[C@H]1CN(CC2CCN(CC3CC3)CC2)C(=O)CO1)c1[nH]ncc1Cl. The Hall–Kier alpha value is -1.64. The molecule has 2 amide bonds. The van der Waals surface area contributed by atoms with Crippen LogP contribution >= 0.6 is 11.6 Å². The van der Waals surface area contributed by atoms with Crippen LogP contribution in [-0.4, -0.2) is 83.8 Å². The Morgan fingerprint density at radius 2 is 2.00 bits per heavy atom. The lowest BCUT2D eigenvalue weighted by atomic mass is 9.95. The van der Waals surface area contributed by atoms with Gasteiger partial charge in [-0.05, 0) is 50.6 Å². The lowest BCUT2D eigenvalue weighted by Gasteiger charge is -2.38. The summed E-state index contributed by atoms with van der Waals surface area (Å²) in [4.78, 5) is 28.9. The highest BCUT2D eigenvalue weighted by atomic mass is 35.5. The fourth-order valence-electron chi connectivity index (χ4n) is 4.04. The van der Waals surface area contributed by atoms with Crippen molar-refractivity contribution in [3.8, 4) is 0 Å². The Balaban J connectivity index is 1.21. The van der Waals surface area contributed by atoms with E-state index in [2.05, 4.69) is 20.4 Å². The van der Waals surface area contributed by atoms with Crippen LogP contribution in [0.4, 0.5) is 0 Å². The molecule has 1 aromatic rings. The van der Waals surface area contributed by atoms with Gasteiger partial charge in [-0.15, -0.1) is 0 Å². The van der Waals surface area contributed by atoms with E-state index in [1.807, 2.05) is 4.90 Å². The van der Waals surface area contributed by atoms with Gasteiger partial charge in [0.05, 0.1) is 17.3 Å². The molecule has 3 aliphatic rings. The van der Waals surface area contributed by atoms with Crippen LogP contribution < -0.4 is 5.32 Å². The van der Waals surface area contributed by atoms with Crippen LogP contribution in [0.2, 0.25) is 5.02 Å². The van der Waals surface area contributed by atoms with Crippen molar-refractivity contribution in [2.24, 2.45) is 11.8 Å². The summed E-state index contributed by atoms with van der Waals surface area (Å²) >= 11 is 5.91. The van der Waals surface area contributed by atoms with Gasteiger partial charge in [0.2, 0.25) is 5.91 Å². The lowest BCUT2D eigenvalue weighted by Crippen LogP contribution is -2.52. The summed E-state index contributed by atoms with van der Waals surface area (Å²) in [5.74, 6) is 1.21. The Morgan fingerprint density at radius 1 is 1.25 bits per heavy atom. The molecule has 0 spiro atoms. The quantitative estimate of drug-likeness (QED) is 0.704. The van der Waals surface area contributed by atoms with Gasteiger partial charge in [-0.2, -0.15) is 5.10 Å². The molecule has 0 bridgehead atoms. The molecule has 3 heterocycles. The molecule has 2 aliphatic heterocycles. The van der Waals surface area contributed by atoms with Gasteiger partial charge in [0.15, 0.2) is 0 Å². The maximum absolute atomic E-state index is 12.3. The van der Waals surface area contributed by atoms with Gasteiger partial charge in [-0.1, -0.05) is 11.6 Å². The molecular weight excluding hydrogens is 382 g/mol. The second-order valence-electron chi connectivity index (χ2n) is 8.22. The summed E-state index contributed by atoms with van der Waals surface area (Å²) < 4.78 is 5.60. The van der Waals surface area contributed by atoms with E-state index in [0.29, 0.717) is 19.0 Å². The maximum Gasteiger partial charge on any atom is 0.270 e. The zero-order valence-electron chi connectivity index (χ0n) is 16.0. The van der Waals surface area contributed by atoms with Gasteiger partial charge >= 0.3 is 0 Å². The van der Waals surface area contributed by atoms with Crippen LogP contribution in [0.25, 0.3) is 0 Å². The number of carbonyl (C=O) groups excluding carboxylic acids is 2. The van der Waals surface area contributed by atoms with Gasteiger partial charge in [0, 0.05) is 26.2 Å². The molecule has 9 heteroatoms. The van der Waals surface area contributed by atoms with Gasteiger partial charge in [0.25, 0.3) is 5.91 Å². The van der Waals surface area contributed by atoms with Crippen molar-refractivity contribution in [1.29, 1.82) is 0 Å². The summed E-state index contributed by atoms with van der Waals surface area (Å²) in [5.41, 5.74) is 0.239. The highest BCUT2D eigenvalue weighted by Crippen LogP contribution is 2.31. The third kappa shape index (κ3) is 5.04. The topological polar surface area (TPSA) is 90.6 Å². The second-order valence-corrected chi connectivity index (χ2v) is 8.63. The predicted molar refractivity (Wildman–Crippen MR) is 104 cm³/mol. The zero-order chi connectivity index (χ0) is 19.5. The number of hydrogen-bond donors (Lipinski definition) is 2. The molecule has 1 saturated carbocycles. The molecule has 154 valence electrons. The smallest absolute Gasteiger partial charge is 0.270 e. The molecule has 4 rings (SSSR count). The van der Waals surface area contributed by atoms with Crippen LogP contribution in [-0.2, 0) is 9.53 Å². The summed E-state index contributed by atoms with van der Waals surface area (Å²) in [7, 11) is 0. The fourth-order valence-corrected chi connectivity index (χ4v) is 4.21. The van der Waals surface area contributed by atoms with E-state index in [1.165, 1.54) is 25.6 Å². The monoisotopic (exact) mass is 409 g/mol. The number of carbonyl (C=O) groups is 2. The highest BCUT2D eigenvalue weighted by Gasteiger charge is 2.31. The molecule has 1 aromatic heterocycles. The maximum atomic E-state index is 12.3. The van der Waals surface area contributed by atoms with Crippen LogP contribution in [0, 0.1) is 11.8 Å². The number of aromatic amines is 1. The minimum atomic E-state index is -0.322. The van der Waals surface area contributed by atoms with E-state index in [1.54, 1.807) is 0 Å². The number of likely N-dealkylation sites (tertiary alicyclic amines) is 1. The molecule has 1 aliphatic carbocycles. The number of nitrogens with zero attached hydrogens (tertiary/aromatic N) is 3. The minimum absolute atomic E-state index is 0.0413. The number of nitrogens with one attached hydrogen (secondary N) is 2. The van der Waals surface area contributed by atoms with Gasteiger partial charge in [-0.25, -0.2) is 0 Å². The summed E-state index contributed by atoms with van der Waals surface area (Å²) in [6.45, 7) is 5.25. The van der Waals surface area contributed by atoms with Crippen LogP contribution in [0.15, 0.2) is 6.20 Å². The first-order valence-electron chi connectivity index (χ1n) is 10.2. The second kappa shape index (κ2) is 8.80. The van der Waals surface area contributed by atoms with Gasteiger partial charge in [-0.3, -0.25) is 14.7 Å². The Bertz CT molecular complexity index is 699. The predicted octanol–water partition coefficient (Wildman–Crippen LogP) is 1.14. The Labute approximate surface area is 169 Å². The van der Waals surface area contributed by atoms with Crippen molar-refractivity contribution in [3.05, 3.63) is 16.9 Å². The summed E-state index contributed by atoms with van der Waals surface area (Å²) in [6.07, 6.45) is 6.27. The number of H-pyrrole nitrogens is 1. The molecule has 2 saturated heterocycles. The minimum Gasteiger partial charge on any atom is -0.365 e. The summed E-state index contributed by atoms with van der Waals surface area (Å²) in [5, 5.41) is 9.41. The molecule has 2 N–H and O–H groups in total. The van der Waals surface area contributed by atoms with Crippen molar-refractivity contribution in [2.45, 2.75) is 31.8 Å². The third-order valence-electron chi connectivity index (χ3n) is 5.93. The van der Waals surface area contributed by atoms with Crippen molar-refractivity contribution < 1.29 is 14.3 Å². The molecular formula is C19H28ClN5O3. The molecule has 0 radical (unpaired) electrons. The molecule has 0 aromatic carbocycles. The average Bonchev–Trinajstić information content (AvgIpc) is 3.41. The van der Waals surface area contributed by atoms with Crippen molar-refractivity contribution in [3.63, 3.8) is 0 Å². The van der Waals surface area contributed by atoms with E-state index >= 15 is 0 Å². The van der Waals surface area contributed by atoms with E-state index in [-0.39, 0.29) is 35.2 Å². The number of rotatable bonds is 7. The summed E-state index contributed by atoms with van der Waals surface area (Å²) in [6, 6.07) is 0. The third-order valence-corrected chi connectivity index (χ3v) is 6.22. The van der Waals surface area contributed by atoms with Crippen LogP contribution in [0.5, 0.6) is 0 Å². The zero-order valence-corrected chi connectivity index (χ0v) is 16.8. The van der Waals surface area contributed by atoms with Gasteiger partial charge in [0.1, 0.15) is 12.3 Å². The number of hydrogen-bond acceptors (Lipinski definition) is 5. The first kappa shape index (κ1) is 19.7. The van der Waals surface area contributed by atoms with Gasteiger partial charge < -0.3 is 19.9 Å². The molecule has 1 atom stereocenters. The molecule has 28 heavy (non-hydrogen) atoms. The molecule has 8 nitrogen and oxygen atoms in total. The Kier molecular flexibility index (Phi) is 6.18. The number of morpholine rings is 1. The fraction of sp³-hybridized carbons (Fsp3) is 0.737.